The van der Waals surface area contributed by atoms with E-state index in [1.807, 2.05) is 31.2 Å². The van der Waals surface area contributed by atoms with E-state index in [1.165, 1.54) is 18.2 Å². The van der Waals surface area contributed by atoms with Crippen LogP contribution in [0.3, 0.4) is 0 Å². The number of hydrogen-bond acceptors (Lipinski definition) is 2. The van der Waals surface area contributed by atoms with Gasteiger partial charge in [0.25, 0.3) is 0 Å². The van der Waals surface area contributed by atoms with E-state index in [2.05, 4.69) is 0 Å². The van der Waals surface area contributed by atoms with Gasteiger partial charge in [-0.2, -0.15) is 0 Å². The van der Waals surface area contributed by atoms with Crippen molar-refractivity contribution >= 4 is 11.6 Å². The lowest BCUT2D eigenvalue weighted by molar-refractivity contribution is 0.480. The van der Waals surface area contributed by atoms with Gasteiger partial charge in [-0.15, -0.1) is 0 Å². The molecule has 0 saturated carbocycles. The van der Waals surface area contributed by atoms with Crippen LogP contribution in [0.4, 0.5) is 4.39 Å². The third-order valence-corrected chi connectivity index (χ3v) is 2.82. The summed E-state index contributed by atoms with van der Waals surface area (Å²) in [7, 11) is 0. The van der Waals surface area contributed by atoms with Crippen LogP contribution in [0.2, 0.25) is 5.02 Å². The van der Waals surface area contributed by atoms with Crippen molar-refractivity contribution in [1.82, 2.24) is 0 Å². The molecule has 94 valence electrons. The Labute approximate surface area is 110 Å². The molecule has 0 saturated heterocycles. The van der Waals surface area contributed by atoms with Crippen molar-refractivity contribution in [2.45, 2.75) is 13.0 Å². The van der Waals surface area contributed by atoms with Crippen molar-refractivity contribution in [3.63, 3.8) is 0 Å². The van der Waals surface area contributed by atoms with Crippen LogP contribution >= 0.6 is 11.6 Å². The maximum atomic E-state index is 13.0. The van der Waals surface area contributed by atoms with E-state index >= 15 is 0 Å². The molecule has 0 heterocycles. The molecule has 0 aromatic heterocycles. The predicted octanol–water partition coefficient (Wildman–Crippen LogP) is 4.29. The topological polar surface area (TPSA) is 35.2 Å². The van der Waals surface area contributed by atoms with Gasteiger partial charge in [-0.1, -0.05) is 23.7 Å². The van der Waals surface area contributed by atoms with Gasteiger partial charge >= 0.3 is 0 Å². The van der Waals surface area contributed by atoms with Crippen LogP contribution in [0.5, 0.6) is 11.5 Å². The highest BCUT2D eigenvalue weighted by Gasteiger charge is 2.04. The summed E-state index contributed by atoms with van der Waals surface area (Å²) in [5.41, 5.74) is 6.78. The average Bonchev–Trinajstić information content (AvgIpc) is 2.34. The molecule has 2 N–H and O–H groups in total. The normalized spacial score (nSPS) is 12.2. The predicted molar refractivity (Wildman–Crippen MR) is 70.5 cm³/mol. The molecule has 0 aliphatic rings. The first-order valence-corrected chi connectivity index (χ1v) is 5.92. The van der Waals surface area contributed by atoms with Crippen LogP contribution < -0.4 is 10.5 Å². The molecule has 4 heteroatoms. The van der Waals surface area contributed by atoms with Gasteiger partial charge in [0.05, 0.1) is 5.02 Å². The zero-order valence-electron chi connectivity index (χ0n) is 9.86. The number of halogens is 2. The first-order valence-electron chi connectivity index (χ1n) is 5.54. The quantitative estimate of drug-likeness (QED) is 0.898. The largest absolute Gasteiger partial charge is 0.457 e. The molecule has 1 atom stereocenters. The molecule has 0 bridgehead atoms. The number of rotatable bonds is 3. The molecule has 0 spiro atoms. The van der Waals surface area contributed by atoms with E-state index in [1.54, 1.807) is 0 Å². The molecule has 0 unspecified atom stereocenters. The third-order valence-electron chi connectivity index (χ3n) is 2.53. The van der Waals surface area contributed by atoms with Gasteiger partial charge in [-0.05, 0) is 36.8 Å². The van der Waals surface area contributed by atoms with Crippen molar-refractivity contribution in [2.24, 2.45) is 5.73 Å². The summed E-state index contributed by atoms with van der Waals surface area (Å²) >= 11 is 5.68. The lowest BCUT2D eigenvalue weighted by Gasteiger charge is -2.09. The summed E-state index contributed by atoms with van der Waals surface area (Å²) in [5, 5.41) is 0.0414. The second-order valence-electron chi connectivity index (χ2n) is 4.04. The Kier molecular flexibility index (Phi) is 3.84. The lowest BCUT2D eigenvalue weighted by atomic mass is 10.1. The van der Waals surface area contributed by atoms with E-state index in [0.717, 1.165) is 5.56 Å². The van der Waals surface area contributed by atoms with Gasteiger partial charge in [0, 0.05) is 12.1 Å². The van der Waals surface area contributed by atoms with Crippen molar-refractivity contribution < 1.29 is 9.13 Å². The summed E-state index contributed by atoms with van der Waals surface area (Å²) in [6.45, 7) is 1.91. The monoisotopic (exact) mass is 265 g/mol. The van der Waals surface area contributed by atoms with E-state index < -0.39 is 5.82 Å². The summed E-state index contributed by atoms with van der Waals surface area (Å²) < 4.78 is 18.5. The fourth-order valence-electron chi connectivity index (χ4n) is 1.52. The Bertz CT molecular complexity index is 540. The first-order chi connectivity index (χ1) is 8.56. The van der Waals surface area contributed by atoms with E-state index in [0.29, 0.717) is 11.5 Å². The molecule has 0 aliphatic heterocycles. The van der Waals surface area contributed by atoms with Crippen molar-refractivity contribution in [3.8, 4) is 11.5 Å². The lowest BCUT2D eigenvalue weighted by Crippen LogP contribution is -2.04. The van der Waals surface area contributed by atoms with E-state index in [9.17, 15) is 4.39 Å². The third kappa shape index (κ3) is 3.00. The molecule has 2 nitrogen and oxygen atoms in total. The molecule has 2 rings (SSSR count). The highest BCUT2D eigenvalue weighted by atomic mass is 35.5. The summed E-state index contributed by atoms with van der Waals surface area (Å²) in [4.78, 5) is 0. The van der Waals surface area contributed by atoms with E-state index in [4.69, 9.17) is 22.1 Å². The second kappa shape index (κ2) is 5.38. The molecule has 18 heavy (non-hydrogen) atoms. The van der Waals surface area contributed by atoms with Crippen LogP contribution in [0, 0.1) is 5.82 Å². The van der Waals surface area contributed by atoms with Crippen LogP contribution in [0.1, 0.15) is 18.5 Å². The molecule has 2 aromatic carbocycles. The first kappa shape index (κ1) is 12.9. The zero-order chi connectivity index (χ0) is 13.1. The molecular formula is C14H13ClFNO. The molecule has 0 fully saturated rings. The van der Waals surface area contributed by atoms with Gasteiger partial charge in [-0.25, -0.2) is 4.39 Å². The maximum Gasteiger partial charge on any atom is 0.142 e. The minimum atomic E-state index is -0.462. The molecular weight excluding hydrogens is 253 g/mol. The van der Waals surface area contributed by atoms with Crippen LogP contribution in [-0.2, 0) is 0 Å². The minimum absolute atomic E-state index is 0.0145. The average molecular weight is 266 g/mol. The summed E-state index contributed by atoms with van der Waals surface area (Å²) in [6, 6.07) is 11.6. The van der Waals surface area contributed by atoms with Crippen molar-refractivity contribution in [1.29, 1.82) is 0 Å². The Hall–Kier alpha value is -1.58. The SMILES string of the molecule is C[C@@H](N)c1ccc(Oc2ccc(F)c(Cl)c2)cc1. The maximum absolute atomic E-state index is 13.0. The van der Waals surface area contributed by atoms with Crippen molar-refractivity contribution in [2.75, 3.05) is 0 Å². The minimum Gasteiger partial charge on any atom is -0.457 e. The zero-order valence-corrected chi connectivity index (χ0v) is 10.6. The number of nitrogens with two attached hydrogens (primary N) is 1. The standard InChI is InChI=1S/C14H13ClFNO/c1-9(17)10-2-4-11(5-3-10)18-12-6-7-14(16)13(15)8-12/h2-9H,17H2,1H3/t9-/m1/s1. The Morgan fingerprint density at radius 3 is 2.28 bits per heavy atom. The van der Waals surface area contributed by atoms with Crippen LogP contribution in [-0.4, -0.2) is 0 Å². The molecule has 0 amide bonds. The van der Waals surface area contributed by atoms with Gasteiger partial charge in [0.1, 0.15) is 17.3 Å². The van der Waals surface area contributed by atoms with Crippen LogP contribution in [0.25, 0.3) is 0 Å². The van der Waals surface area contributed by atoms with Gasteiger partial charge in [-0.3, -0.25) is 0 Å². The smallest absolute Gasteiger partial charge is 0.142 e. The summed E-state index contributed by atoms with van der Waals surface area (Å²) in [5.74, 6) is 0.688. The van der Waals surface area contributed by atoms with E-state index in [-0.39, 0.29) is 11.1 Å². The fourth-order valence-corrected chi connectivity index (χ4v) is 1.69. The second-order valence-corrected chi connectivity index (χ2v) is 4.44. The summed E-state index contributed by atoms with van der Waals surface area (Å²) in [6.07, 6.45) is 0. The van der Waals surface area contributed by atoms with Gasteiger partial charge < -0.3 is 10.5 Å². The number of hydrogen-bond donors (Lipinski definition) is 1. The van der Waals surface area contributed by atoms with Gasteiger partial charge in [0.2, 0.25) is 0 Å². The molecule has 0 aliphatic carbocycles. The number of ether oxygens (including phenoxy) is 1. The highest BCUT2D eigenvalue weighted by Crippen LogP contribution is 2.26. The molecule has 2 aromatic rings. The van der Waals surface area contributed by atoms with Crippen LogP contribution in [0.15, 0.2) is 42.5 Å². The van der Waals surface area contributed by atoms with Gasteiger partial charge in [0.15, 0.2) is 0 Å². The van der Waals surface area contributed by atoms with Crippen molar-refractivity contribution in [3.05, 3.63) is 58.9 Å². The Morgan fingerprint density at radius 1 is 1.11 bits per heavy atom. The molecule has 0 radical (unpaired) electrons. The Balaban J connectivity index is 2.15. The highest BCUT2D eigenvalue weighted by molar-refractivity contribution is 6.30. The number of benzene rings is 2. The fraction of sp³-hybridized carbons (Fsp3) is 0.143. The Morgan fingerprint density at radius 2 is 1.72 bits per heavy atom.